The summed E-state index contributed by atoms with van der Waals surface area (Å²) >= 11 is 0. The van der Waals surface area contributed by atoms with Gasteiger partial charge in [-0.2, -0.15) is 13.2 Å². The highest BCUT2D eigenvalue weighted by Gasteiger charge is 2.32. The predicted molar refractivity (Wildman–Crippen MR) is 55.3 cm³/mol. The Kier molecular flexibility index (Phi) is 2.68. The van der Waals surface area contributed by atoms with Gasteiger partial charge in [0.15, 0.2) is 0 Å². The van der Waals surface area contributed by atoms with Crippen molar-refractivity contribution in [3.63, 3.8) is 0 Å². The molecule has 0 radical (unpaired) electrons. The lowest BCUT2D eigenvalue weighted by Crippen LogP contribution is -2.29. The highest BCUT2D eigenvalue weighted by Crippen LogP contribution is 2.28. The van der Waals surface area contributed by atoms with E-state index in [2.05, 4.69) is 4.98 Å². The number of piperidine rings is 1. The minimum absolute atomic E-state index is 0.161. The largest absolute Gasteiger partial charge is 0.433 e. The molecule has 0 aliphatic carbocycles. The van der Waals surface area contributed by atoms with Gasteiger partial charge in [-0.05, 0) is 31.4 Å². The Morgan fingerprint density at radius 2 is 2.06 bits per heavy atom. The predicted octanol–water partition coefficient (Wildman–Crippen LogP) is 3.09. The average molecular weight is 231 g/mol. The highest BCUT2D eigenvalue weighted by atomic mass is 19.4. The Bertz CT molecular complexity index is 377. The number of pyridine rings is 1. The summed E-state index contributed by atoms with van der Waals surface area (Å²) in [5.41, 5.74) is -0.212. The fraction of sp³-hybridized carbons (Fsp3) is 0.545. The summed E-state index contributed by atoms with van der Waals surface area (Å²) in [6, 6.07) is 2.41. The molecule has 1 aromatic rings. The minimum atomic E-state index is -4.39. The third-order valence-corrected chi connectivity index (χ3v) is 2.59. The van der Waals surface area contributed by atoms with Crippen LogP contribution >= 0.6 is 0 Å². The molecule has 0 bridgehead atoms. The van der Waals surface area contributed by atoms with Crippen molar-refractivity contribution in [1.82, 2.24) is 4.98 Å². The third-order valence-electron chi connectivity index (χ3n) is 2.59. The van der Waals surface area contributed by atoms with Crippen LogP contribution in [0.4, 0.5) is 18.9 Å². The molecule has 16 heavy (non-hydrogen) atoms. The van der Waals surface area contributed by atoms with E-state index in [4.69, 9.17) is 1.37 Å². The van der Waals surface area contributed by atoms with Crippen molar-refractivity contribution in [2.75, 3.05) is 18.0 Å². The van der Waals surface area contributed by atoms with E-state index < -0.39 is 11.9 Å². The Morgan fingerprint density at radius 1 is 1.25 bits per heavy atom. The number of anilines is 1. The molecule has 88 valence electrons. The zero-order valence-corrected chi connectivity index (χ0v) is 8.67. The summed E-state index contributed by atoms with van der Waals surface area (Å²) in [5, 5.41) is 0. The molecule has 0 amide bonds. The van der Waals surface area contributed by atoms with Gasteiger partial charge in [-0.15, -0.1) is 0 Å². The lowest BCUT2D eigenvalue weighted by atomic mass is 10.1. The van der Waals surface area contributed by atoms with E-state index in [9.17, 15) is 13.2 Å². The van der Waals surface area contributed by atoms with E-state index >= 15 is 0 Å². The van der Waals surface area contributed by atoms with Gasteiger partial charge in [-0.1, -0.05) is 0 Å². The first-order valence-electron chi connectivity index (χ1n) is 5.75. The van der Waals surface area contributed by atoms with Gasteiger partial charge in [0.2, 0.25) is 0 Å². The van der Waals surface area contributed by atoms with Crippen LogP contribution in [0, 0.1) is 0 Å². The second-order valence-electron chi connectivity index (χ2n) is 3.78. The van der Waals surface area contributed by atoms with Crippen LogP contribution in [0.5, 0.6) is 0 Å². The molecule has 5 heteroatoms. The first-order chi connectivity index (χ1) is 7.97. The molecule has 1 fully saturated rings. The van der Waals surface area contributed by atoms with E-state index in [-0.39, 0.29) is 6.40 Å². The fourth-order valence-electron chi connectivity index (χ4n) is 1.74. The molecule has 0 aromatic carbocycles. The molecule has 1 atom stereocenters. The van der Waals surface area contributed by atoms with Gasteiger partial charge in [-0.25, -0.2) is 4.98 Å². The van der Waals surface area contributed by atoms with Gasteiger partial charge in [0.25, 0.3) is 0 Å². The van der Waals surface area contributed by atoms with Crippen LogP contribution in [0.2, 0.25) is 0 Å². The van der Waals surface area contributed by atoms with Gasteiger partial charge in [0.05, 0.1) is 11.9 Å². The maximum atomic E-state index is 12.3. The van der Waals surface area contributed by atoms with Crippen LogP contribution in [-0.4, -0.2) is 18.1 Å². The molecule has 1 saturated heterocycles. The number of alkyl halides is 3. The molecule has 0 saturated carbocycles. The topological polar surface area (TPSA) is 16.1 Å². The van der Waals surface area contributed by atoms with Crippen molar-refractivity contribution < 1.29 is 14.5 Å². The summed E-state index contributed by atoms with van der Waals surface area (Å²) in [5.74, 6) is 0. The van der Waals surface area contributed by atoms with Crippen LogP contribution in [0.15, 0.2) is 18.3 Å². The summed E-state index contributed by atoms with van der Waals surface area (Å²) in [6.45, 7) is 1.34. The fourth-order valence-corrected chi connectivity index (χ4v) is 1.74. The Balaban J connectivity index is 2.12. The normalized spacial score (nSPS) is 23.1. The molecule has 1 aromatic heterocycles. The summed E-state index contributed by atoms with van der Waals surface area (Å²) in [7, 11) is 0. The van der Waals surface area contributed by atoms with Crippen LogP contribution in [0.1, 0.15) is 26.3 Å². The van der Waals surface area contributed by atoms with Crippen molar-refractivity contribution in [3.05, 3.63) is 24.0 Å². The van der Waals surface area contributed by atoms with Gasteiger partial charge in [0, 0.05) is 14.5 Å². The number of nitrogens with zero attached hydrogens (tertiary/aromatic N) is 2. The number of hydrogen-bond acceptors (Lipinski definition) is 2. The molecular weight excluding hydrogens is 217 g/mol. The molecular formula is C11H13F3N2. The molecule has 0 unspecified atom stereocenters. The lowest BCUT2D eigenvalue weighted by Gasteiger charge is -2.28. The molecule has 2 heterocycles. The van der Waals surface area contributed by atoms with Crippen molar-refractivity contribution in [2.24, 2.45) is 0 Å². The number of hydrogen-bond donors (Lipinski definition) is 0. The molecule has 0 N–H and O–H groups in total. The number of aromatic nitrogens is 1. The van der Waals surface area contributed by atoms with Crippen molar-refractivity contribution >= 4 is 5.69 Å². The van der Waals surface area contributed by atoms with E-state index in [0.717, 1.165) is 25.5 Å². The first kappa shape index (κ1) is 9.93. The van der Waals surface area contributed by atoms with Gasteiger partial charge >= 0.3 is 6.18 Å². The number of rotatable bonds is 1. The van der Waals surface area contributed by atoms with Crippen LogP contribution in [0.3, 0.4) is 0 Å². The van der Waals surface area contributed by atoms with Crippen molar-refractivity contribution in [3.8, 4) is 0 Å². The second kappa shape index (κ2) is 4.31. The number of halogens is 3. The molecule has 0 spiro atoms. The second-order valence-corrected chi connectivity index (χ2v) is 3.78. The summed E-state index contributed by atoms with van der Waals surface area (Å²) in [6.07, 6.45) is -1.56. The van der Waals surface area contributed by atoms with E-state index in [1.165, 1.54) is 12.3 Å². The van der Waals surface area contributed by atoms with E-state index in [1.807, 2.05) is 4.90 Å². The maximum Gasteiger partial charge on any atom is 0.433 e. The van der Waals surface area contributed by atoms with E-state index in [1.54, 1.807) is 0 Å². The summed E-state index contributed by atoms with van der Waals surface area (Å²) < 4.78 is 44.6. The van der Waals surface area contributed by atoms with Gasteiger partial charge in [-0.3, -0.25) is 0 Å². The van der Waals surface area contributed by atoms with Gasteiger partial charge < -0.3 is 4.90 Å². The van der Waals surface area contributed by atoms with E-state index in [0.29, 0.717) is 12.2 Å². The SMILES string of the molecule is [2H][C@H]1CCCN(c2ccc(C(F)(F)F)nc2)C1. The zero-order chi connectivity index (χ0) is 12.5. The van der Waals surface area contributed by atoms with Crippen LogP contribution in [-0.2, 0) is 6.18 Å². The molecule has 2 nitrogen and oxygen atoms in total. The van der Waals surface area contributed by atoms with Crippen LogP contribution < -0.4 is 4.90 Å². The Morgan fingerprint density at radius 3 is 2.62 bits per heavy atom. The summed E-state index contributed by atoms with van der Waals surface area (Å²) in [4.78, 5) is 5.33. The molecule has 1 aliphatic rings. The zero-order valence-electron chi connectivity index (χ0n) is 9.67. The van der Waals surface area contributed by atoms with Gasteiger partial charge in [0.1, 0.15) is 5.69 Å². The van der Waals surface area contributed by atoms with Crippen molar-refractivity contribution in [2.45, 2.75) is 25.4 Å². The third kappa shape index (κ3) is 2.46. The maximum absolute atomic E-state index is 12.3. The first-order valence-corrected chi connectivity index (χ1v) is 5.17. The Hall–Kier alpha value is -1.26. The van der Waals surface area contributed by atoms with Crippen molar-refractivity contribution in [1.29, 1.82) is 0 Å². The monoisotopic (exact) mass is 231 g/mol. The average Bonchev–Trinajstić information content (AvgIpc) is 2.28. The Labute approximate surface area is 93.5 Å². The molecule has 1 aliphatic heterocycles. The molecule has 2 rings (SSSR count). The minimum Gasteiger partial charge on any atom is -0.370 e. The lowest BCUT2D eigenvalue weighted by molar-refractivity contribution is -0.141. The smallest absolute Gasteiger partial charge is 0.370 e. The van der Waals surface area contributed by atoms with Crippen LogP contribution in [0.25, 0.3) is 0 Å². The highest BCUT2D eigenvalue weighted by molar-refractivity contribution is 5.45. The standard InChI is InChI=1S/C11H13F3N2/c12-11(13,14)10-5-4-9(8-15-10)16-6-2-1-3-7-16/h4-5,8H,1-3,6-7H2/i2D/t2-/m0/s1. The quantitative estimate of drug-likeness (QED) is 0.738.